The number of benzene rings is 1. The van der Waals surface area contributed by atoms with Gasteiger partial charge in [-0.15, -0.1) is 0 Å². The van der Waals surface area contributed by atoms with Crippen molar-refractivity contribution in [3.63, 3.8) is 0 Å². The Labute approximate surface area is 117 Å². The van der Waals surface area contributed by atoms with Gasteiger partial charge in [0.2, 0.25) is 0 Å². The van der Waals surface area contributed by atoms with Crippen LogP contribution in [0.5, 0.6) is 5.75 Å². The molecule has 108 valence electrons. The highest BCUT2D eigenvalue weighted by Crippen LogP contribution is 2.29. The maximum atomic E-state index is 11.7. The number of rotatable bonds is 5. The molecule has 1 aromatic carbocycles. The van der Waals surface area contributed by atoms with Gasteiger partial charge in [0.25, 0.3) is 5.91 Å². The van der Waals surface area contributed by atoms with Crippen LogP contribution in [-0.4, -0.2) is 25.2 Å². The van der Waals surface area contributed by atoms with E-state index < -0.39 is 12.0 Å². The highest BCUT2D eigenvalue weighted by atomic mass is 16.6. The zero-order valence-electron chi connectivity index (χ0n) is 11.3. The van der Waals surface area contributed by atoms with Crippen LogP contribution in [0.2, 0.25) is 0 Å². The van der Waals surface area contributed by atoms with Crippen LogP contribution < -0.4 is 15.6 Å². The fraction of sp³-hybridized carbons (Fsp3) is 0.429. The summed E-state index contributed by atoms with van der Waals surface area (Å²) in [7, 11) is 0. The van der Waals surface area contributed by atoms with Gasteiger partial charge in [-0.25, -0.2) is 10.2 Å². The first-order chi connectivity index (χ1) is 9.69. The van der Waals surface area contributed by atoms with Gasteiger partial charge in [-0.3, -0.25) is 10.2 Å². The van der Waals surface area contributed by atoms with Crippen LogP contribution in [0.3, 0.4) is 0 Å². The number of hydrogen-bond donors (Lipinski definition) is 2. The maximum Gasteiger partial charge on any atom is 0.426 e. The van der Waals surface area contributed by atoms with Crippen molar-refractivity contribution in [2.75, 3.05) is 13.2 Å². The molecule has 2 N–H and O–H groups in total. The zero-order valence-corrected chi connectivity index (χ0v) is 11.3. The summed E-state index contributed by atoms with van der Waals surface area (Å²) in [4.78, 5) is 22.7. The van der Waals surface area contributed by atoms with E-state index in [1.807, 2.05) is 0 Å². The first kappa shape index (κ1) is 14.2. The minimum atomic E-state index is -0.690. The van der Waals surface area contributed by atoms with Crippen molar-refractivity contribution >= 4 is 12.0 Å². The van der Waals surface area contributed by atoms with E-state index in [0.29, 0.717) is 11.5 Å². The molecule has 1 aliphatic carbocycles. The Morgan fingerprint density at radius 2 is 1.90 bits per heavy atom. The lowest BCUT2D eigenvalue weighted by atomic mass is 10.2. The molecule has 1 fully saturated rings. The number of carbonyl (C=O) groups is 2. The number of ether oxygens (including phenoxy) is 2. The van der Waals surface area contributed by atoms with E-state index in [9.17, 15) is 9.59 Å². The summed E-state index contributed by atoms with van der Waals surface area (Å²) < 4.78 is 10.2. The van der Waals surface area contributed by atoms with E-state index in [0.717, 1.165) is 12.4 Å². The molecular formula is C14H18N2O4. The minimum absolute atomic E-state index is 0.245. The van der Waals surface area contributed by atoms with E-state index in [1.165, 1.54) is 12.8 Å². The quantitative estimate of drug-likeness (QED) is 0.806. The van der Waals surface area contributed by atoms with Crippen molar-refractivity contribution < 1.29 is 19.1 Å². The third-order valence-corrected chi connectivity index (χ3v) is 2.85. The molecule has 20 heavy (non-hydrogen) atoms. The Balaban J connectivity index is 1.78. The minimum Gasteiger partial charge on any atom is -0.493 e. The summed E-state index contributed by atoms with van der Waals surface area (Å²) in [5, 5.41) is 0. The third kappa shape index (κ3) is 4.46. The summed E-state index contributed by atoms with van der Waals surface area (Å²) in [6, 6.07) is 6.76. The Kier molecular flexibility index (Phi) is 4.81. The second kappa shape index (κ2) is 6.79. The van der Waals surface area contributed by atoms with Crippen molar-refractivity contribution in [2.45, 2.75) is 19.8 Å². The largest absolute Gasteiger partial charge is 0.493 e. The second-order valence-corrected chi connectivity index (χ2v) is 4.58. The fourth-order valence-corrected chi connectivity index (χ4v) is 1.55. The Hall–Kier alpha value is -2.24. The standard InChI is InChI=1S/C14H18N2O4/c1-2-19-14(18)16-15-13(17)11-5-7-12(8-6-11)20-9-10-3-4-10/h5-8,10H,2-4,9H2,1H3,(H,15,17)(H,16,18). The van der Waals surface area contributed by atoms with Gasteiger partial charge in [-0.05, 0) is 49.9 Å². The van der Waals surface area contributed by atoms with Crippen LogP contribution in [0.15, 0.2) is 24.3 Å². The molecule has 0 spiro atoms. The molecule has 2 amide bonds. The van der Waals surface area contributed by atoms with Gasteiger partial charge in [0.15, 0.2) is 0 Å². The number of hydrazine groups is 1. The molecule has 1 aromatic rings. The number of carbonyl (C=O) groups excluding carboxylic acids is 2. The van der Waals surface area contributed by atoms with E-state index in [2.05, 4.69) is 15.6 Å². The molecule has 0 unspecified atom stereocenters. The van der Waals surface area contributed by atoms with Crippen LogP contribution in [0, 0.1) is 5.92 Å². The van der Waals surface area contributed by atoms with E-state index in [1.54, 1.807) is 31.2 Å². The average Bonchev–Trinajstić information content (AvgIpc) is 3.28. The van der Waals surface area contributed by atoms with Gasteiger partial charge in [-0.1, -0.05) is 0 Å². The maximum absolute atomic E-state index is 11.7. The summed E-state index contributed by atoms with van der Waals surface area (Å²) >= 11 is 0. The van der Waals surface area contributed by atoms with Crippen LogP contribution in [0.1, 0.15) is 30.1 Å². The molecular weight excluding hydrogens is 260 g/mol. The van der Waals surface area contributed by atoms with Gasteiger partial charge in [-0.2, -0.15) is 0 Å². The van der Waals surface area contributed by atoms with Gasteiger partial charge in [0, 0.05) is 5.56 Å². The molecule has 6 nitrogen and oxygen atoms in total. The lowest BCUT2D eigenvalue weighted by molar-refractivity contribution is 0.0912. The number of amides is 2. The van der Waals surface area contributed by atoms with E-state index >= 15 is 0 Å². The van der Waals surface area contributed by atoms with E-state index in [-0.39, 0.29) is 6.61 Å². The molecule has 0 aliphatic heterocycles. The van der Waals surface area contributed by atoms with Crippen LogP contribution >= 0.6 is 0 Å². The highest BCUT2D eigenvalue weighted by Gasteiger charge is 2.21. The van der Waals surface area contributed by atoms with Gasteiger partial charge in [0.1, 0.15) is 5.75 Å². The van der Waals surface area contributed by atoms with Crippen LogP contribution in [-0.2, 0) is 4.74 Å². The SMILES string of the molecule is CCOC(=O)NNC(=O)c1ccc(OCC2CC2)cc1. The van der Waals surface area contributed by atoms with Crippen molar-refractivity contribution in [3.05, 3.63) is 29.8 Å². The molecule has 0 bridgehead atoms. The Morgan fingerprint density at radius 3 is 2.50 bits per heavy atom. The van der Waals surface area contributed by atoms with Crippen molar-refractivity contribution in [1.29, 1.82) is 0 Å². The first-order valence-corrected chi connectivity index (χ1v) is 6.65. The number of hydrogen-bond acceptors (Lipinski definition) is 4. The summed E-state index contributed by atoms with van der Waals surface area (Å²) in [6.07, 6.45) is 1.78. The zero-order chi connectivity index (χ0) is 14.4. The summed E-state index contributed by atoms with van der Waals surface area (Å²) in [5.74, 6) is 1.02. The fourth-order valence-electron chi connectivity index (χ4n) is 1.55. The molecule has 6 heteroatoms. The monoisotopic (exact) mass is 278 g/mol. The normalized spacial score (nSPS) is 13.4. The lowest BCUT2D eigenvalue weighted by Crippen LogP contribution is -2.41. The van der Waals surface area contributed by atoms with Gasteiger partial charge in [0.05, 0.1) is 13.2 Å². The Morgan fingerprint density at radius 1 is 1.20 bits per heavy atom. The molecule has 0 aromatic heterocycles. The Bertz CT molecular complexity index is 469. The average molecular weight is 278 g/mol. The second-order valence-electron chi connectivity index (χ2n) is 4.58. The predicted octanol–water partition coefficient (Wildman–Crippen LogP) is 1.87. The summed E-state index contributed by atoms with van der Waals surface area (Å²) in [5.41, 5.74) is 4.84. The van der Waals surface area contributed by atoms with E-state index in [4.69, 9.17) is 4.74 Å². The topological polar surface area (TPSA) is 76.7 Å². The van der Waals surface area contributed by atoms with Crippen molar-refractivity contribution in [2.24, 2.45) is 5.92 Å². The first-order valence-electron chi connectivity index (χ1n) is 6.65. The number of nitrogens with one attached hydrogen (secondary N) is 2. The third-order valence-electron chi connectivity index (χ3n) is 2.85. The molecule has 0 heterocycles. The highest BCUT2D eigenvalue weighted by molar-refractivity contribution is 5.95. The molecule has 1 aliphatic rings. The molecule has 1 saturated carbocycles. The van der Waals surface area contributed by atoms with Crippen molar-refractivity contribution in [3.8, 4) is 5.75 Å². The smallest absolute Gasteiger partial charge is 0.426 e. The van der Waals surface area contributed by atoms with Crippen LogP contribution in [0.4, 0.5) is 4.79 Å². The molecule has 0 atom stereocenters. The molecule has 0 radical (unpaired) electrons. The van der Waals surface area contributed by atoms with Crippen LogP contribution in [0.25, 0.3) is 0 Å². The van der Waals surface area contributed by atoms with Gasteiger partial charge < -0.3 is 9.47 Å². The molecule has 0 saturated heterocycles. The van der Waals surface area contributed by atoms with Gasteiger partial charge >= 0.3 is 6.09 Å². The predicted molar refractivity (Wildman–Crippen MR) is 72.3 cm³/mol. The lowest BCUT2D eigenvalue weighted by Gasteiger charge is -2.08. The summed E-state index contributed by atoms with van der Waals surface area (Å²) in [6.45, 7) is 2.66. The van der Waals surface area contributed by atoms with Crippen molar-refractivity contribution in [1.82, 2.24) is 10.9 Å². The molecule has 2 rings (SSSR count).